The molecule has 0 amide bonds. The fraction of sp³-hybridized carbons (Fsp3) is 0.250. The highest BCUT2D eigenvalue weighted by Gasteiger charge is 2.16. The highest BCUT2D eigenvalue weighted by Crippen LogP contribution is 2.40. The van der Waals surface area contributed by atoms with Crippen LogP contribution in [0.25, 0.3) is 11.1 Å². The fourth-order valence-electron chi connectivity index (χ4n) is 1.74. The first-order chi connectivity index (χ1) is 8.58. The van der Waals surface area contributed by atoms with Crippen LogP contribution in [-0.2, 0) is 7.05 Å². The van der Waals surface area contributed by atoms with Gasteiger partial charge < -0.3 is 20.3 Å². The van der Waals surface area contributed by atoms with Gasteiger partial charge in [0.25, 0.3) is 0 Å². The van der Waals surface area contributed by atoms with E-state index in [2.05, 4.69) is 5.10 Å². The number of nitrogen functional groups attached to an aromatic ring is 1. The molecule has 1 aromatic carbocycles. The van der Waals surface area contributed by atoms with Gasteiger partial charge in [-0.15, -0.1) is 0 Å². The minimum Gasteiger partial charge on any atom is -0.507 e. The van der Waals surface area contributed by atoms with Crippen LogP contribution in [0.3, 0.4) is 0 Å². The first kappa shape index (κ1) is 12.1. The van der Waals surface area contributed by atoms with E-state index in [1.165, 1.54) is 25.0 Å². The molecule has 18 heavy (non-hydrogen) atoms. The number of anilines is 1. The maximum atomic E-state index is 10.0. The Kier molecular flexibility index (Phi) is 3.01. The van der Waals surface area contributed by atoms with Gasteiger partial charge in [0.15, 0.2) is 11.5 Å². The van der Waals surface area contributed by atoms with Gasteiger partial charge >= 0.3 is 0 Å². The van der Waals surface area contributed by atoms with Gasteiger partial charge in [-0.3, -0.25) is 4.68 Å². The van der Waals surface area contributed by atoms with E-state index >= 15 is 0 Å². The van der Waals surface area contributed by atoms with Crippen LogP contribution in [0.1, 0.15) is 0 Å². The first-order valence-corrected chi connectivity index (χ1v) is 5.31. The van der Waals surface area contributed by atoms with Crippen molar-refractivity contribution in [1.29, 1.82) is 0 Å². The van der Waals surface area contributed by atoms with Crippen LogP contribution in [-0.4, -0.2) is 29.1 Å². The number of hydrogen-bond acceptors (Lipinski definition) is 5. The number of ether oxygens (including phenoxy) is 2. The van der Waals surface area contributed by atoms with E-state index in [-0.39, 0.29) is 5.75 Å². The number of benzene rings is 1. The molecule has 6 nitrogen and oxygen atoms in total. The molecule has 0 radical (unpaired) electrons. The number of hydrogen-bond donors (Lipinski definition) is 2. The number of aromatic nitrogens is 2. The van der Waals surface area contributed by atoms with Crippen molar-refractivity contribution in [2.75, 3.05) is 20.0 Å². The summed E-state index contributed by atoms with van der Waals surface area (Å²) < 4.78 is 11.8. The number of aryl methyl sites for hydroxylation is 1. The molecule has 0 unspecified atom stereocenters. The van der Waals surface area contributed by atoms with Gasteiger partial charge in [-0.25, -0.2) is 0 Å². The van der Waals surface area contributed by atoms with E-state index in [9.17, 15) is 5.11 Å². The van der Waals surface area contributed by atoms with E-state index in [0.717, 1.165) is 0 Å². The second-order valence-electron chi connectivity index (χ2n) is 3.79. The van der Waals surface area contributed by atoms with E-state index in [1.54, 1.807) is 19.3 Å². The van der Waals surface area contributed by atoms with Gasteiger partial charge in [-0.05, 0) is 6.07 Å². The summed E-state index contributed by atoms with van der Waals surface area (Å²) in [5.41, 5.74) is 7.09. The van der Waals surface area contributed by atoms with Gasteiger partial charge in [0.05, 0.1) is 20.4 Å². The van der Waals surface area contributed by atoms with E-state index in [1.807, 2.05) is 0 Å². The van der Waals surface area contributed by atoms with Crippen LogP contribution in [0.2, 0.25) is 0 Å². The third-order valence-corrected chi connectivity index (χ3v) is 2.78. The van der Waals surface area contributed by atoms with Gasteiger partial charge in [-0.2, -0.15) is 5.10 Å². The van der Waals surface area contributed by atoms with Crippen molar-refractivity contribution in [3.63, 3.8) is 0 Å². The molecular weight excluding hydrogens is 234 g/mol. The summed E-state index contributed by atoms with van der Waals surface area (Å²) in [5.74, 6) is 1.51. The van der Waals surface area contributed by atoms with Gasteiger partial charge in [-0.1, -0.05) is 0 Å². The lowest BCUT2D eigenvalue weighted by molar-refractivity contribution is 0.352. The summed E-state index contributed by atoms with van der Waals surface area (Å²) >= 11 is 0. The van der Waals surface area contributed by atoms with Crippen molar-refractivity contribution < 1.29 is 14.6 Å². The summed E-state index contributed by atoms with van der Waals surface area (Å²) in [5, 5.41) is 14.0. The van der Waals surface area contributed by atoms with Crippen molar-refractivity contribution in [1.82, 2.24) is 9.78 Å². The van der Waals surface area contributed by atoms with Crippen LogP contribution in [0.15, 0.2) is 18.3 Å². The smallest absolute Gasteiger partial charge is 0.164 e. The molecule has 2 rings (SSSR count). The minimum absolute atomic E-state index is 0.0624. The van der Waals surface area contributed by atoms with E-state index in [4.69, 9.17) is 15.2 Å². The van der Waals surface area contributed by atoms with Crippen molar-refractivity contribution in [3.05, 3.63) is 18.3 Å². The number of phenolic OH excluding ortho intramolecular Hbond substituents is 1. The molecule has 96 valence electrons. The molecule has 0 aliphatic heterocycles. The van der Waals surface area contributed by atoms with Crippen molar-refractivity contribution in [2.45, 2.75) is 0 Å². The maximum Gasteiger partial charge on any atom is 0.164 e. The zero-order valence-corrected chi connectivity index (χ0v) is 10.5. The largest absolute Gasteiger partial charge is 0.507 e. The zero-order valence-electron chi connectivity index (χ0n) is 10.5. The van der Waals surface area contributed by atoms with Crippen LogP contribution < -0.4 is 15.2 Å². The minimum atomic E-state index is 0.0624. The standard InChI is InChI=1S/C12H15N3O3/c1-15-12(13)8(6-14-15)7-4-10(17-2)11(18-3)5-9(7)16/h4-6,16H,13H2,1-3H3. The number of nitrogens with two attached hydrogens (primary N) is 1. The molecule has 0 atom stereocenters. The Morgan fingerprint density at radius 1 is 1.17 bits per heavy atom. The third kappa shape index (κ3) is 1.81. The molecule has 6 heteroatoms. The fourth-order valence-corrected chi connectivity index (χ4v) is 1.74. The number of methoxy groups -OCH3 is 2. The highest BCUT2D eigenvalue weighted by atomic mass is 16.5. The normalized spacial score (nSPS) is 10.4. The molecule has 0 saturated heterocycles. The van der Waals surface area contributed by atoms with Crippen molar-refractivity contribution in [2.24, 2.45) is 7.05 Å². The Hall–Kier alpha value is -2.37. The molecule has 3 N–H and O–H groups in total. The Balaban J connectivity index is 2.61. The predicted molar refractivity (Wildman–Crippen MR) is 67.8 cm³/mol. The Bertz CT molecular complexity index is 578. The highest BCUT2D eigenvalue weighted by molar-refractivity contribution is 5.80. The molecule has 0 aliphatic carbocycles. The summed E-state index contributed by atoms with van der Waals surface area (Å²) in [6.45, 7) is 0. The maximum absolute atomic E-state index is 10.0. The first-order valence-electron chi connectivity index (χ1n) is 5.31. The van der Waals surface area contributed by atoms with Crippen molar-refractivity contribution >= 4 is 5.82 Å². The van der Waals surface area contributed by atoms with Crippen LogP contribution in [0.5, 0.6) is 17.2 Å². The van der Waals surface area contributed by atoms with Gasteiger partial charge in [0.2, 0.25) is 0 Å². The molecule has 0 saturated carbocycles. The Morgan fingerprint density at radius 2 is 1.78 bits per heavy atom. The second-order valence-corrected chi connectivity index (χ2v) is 3.79. The summed E-state index contributed by atoms with van der Waals surface area (Å²) in [4.78, 5) is 0. The second kappa shape index (κ2) is 4.48. The van der Waals surface area contributed by atoms with E-state index in [0.29, 0.717) is 28.4 Å². The SMILES string of the molecule is COc1cc(O)c(-c2cnn(C)c2N)cc1OC. The quantitative estimate of drug-likeness (QED) is 0.859. The molecule has 0 spiro atoms. The lowest BCUT2D eigenvalue weighted by Crippen LogP contribution is -1.98. The Labute approximate surface area is 105 Å². The van der Waals surface area contributed by atoms with Crippen LogP contribution >= 0.6 is 0 Å². The van der Waals surface area contributed by atoms with Gasteiger partial charge in [0.1, 0.15) is 11.6 Å². The number of nitrogens with zero attached hydrogens (tertiary/aromatic N) is 2. The molecule has 1 aromatic heterocycles. The van der Waals surface area contributed by atoms with Crippen LogP contribution in [0, 0.1) is 0 Å². The Morgan fingerprint density at radius 3 is 2.28 bits per heavy atom. The molecule has 0 bridgehead atoms. The molecule has 0 fully saturated rings. The molecular formula is C12H15N3O3. The lowest BCUT2D eigenvalue weighted by atomic mass is 10.1. The monoisotopic (exact) mass is 249 g/mol. The predicted octanol–water partition coefficient (Wildman–Crippen LogP) is 1.39. The zero-order chi connectivity index (χ0) is 13.3. The third-order valence-electron chi connectivity index (χ3n) is 2.78. The lowest BCUT2D eigenvalue weighted by Gasteiger charge is -2.11. The average molecular weight is 249 g/mol. The van der Waals surface area contributed by atoms with Gasteiger partial charge in [0, 0.05) is 24.2 Å². The molecule has 2 aromatic rings. The molecule has 1 heterocycles. The average Bonchev–Trinajstić information content (AvgIpc) is 2.70. The van der Waals surface area contributed by atoms with E-state index < -0.39 is 0 Å². The number of phenols is 1. The number of aromatic hydroxyl groups is 1. The topological polar surface area (TPSA) is 82.5 Å². The molecule has 0 aliphatic rings. The summed E-state index contributed by atoms with van der Waals surface area (Å²) in [6, 6.07) is 3.15. The number of rotatable bonds is 3. The summed E-state index contributed by atoms with van der Waals surface area (Å²) in [6.07, 6.45) is 1.59. The summed E-state index contributed by atoms with van der Waals surface area (Å²) in [7, 11) is 4.78. The van der Waals surface area contributed by atoms with Crippen LogP contribution in [0.4, 0.5) is 5.82 Å². The van der Waals surface area contributed by atoms with Crippen molar-refractivity contribution in [3.8, 4) is 28.4 Å².